The maximum Gasteiger partial charge on any atom is 0.416 e. The van der Waals surface area contributed by atoms with E-state index < -0.39 is 29.0 Å². The molecule has 3 fully saturated rings. The molecule has 3 aliphatic rings. The second kappa shape index (κ2) is 21.0. The van der Waals surface area contributed by atoms with Crippen molar-refractivity contribution in [3.63, 3.8) is 0 Å². The number of carbonyl (C=O) groups is 1. The van der Waals surface area contributed by atoms with Gasteiger partial charge in [0.1, 0.15) is 17.4 Å². The Labute approximate surface area is 400 Å². The minimum Gasteiger partial charge on any atom is -0.496 e. The minimum atomic E-state index is -4.52. The van der Waals surface area contributed by atoms with Crippen LogP contribution in [0.1, 0.15) is 111 Å². The number of H-pyrrole nitrogens is 1. The summed E-state index contributed by atoms with van der Waals surface area (Å²) in [5.74, 6) is 2.82. The molecule has 2 saturated heterocycles. The lowest BCUT2D eigenvalue weighted by Crippen LogP contribution is -2.43. The molecule has 4 N–H and O–H groups in total. The number of hydrogen-bond acceptors (Lipinski definition) is 10. The van der Waals surface area contributed by atoms with Gasteiger partial charge >= 0.3 is 11.9 Å². The number of hydrogen-bond donors (Lipinski definition) is 3. The molecule has 1 amide bonds. The van der Waals surface area contributed by atoms with Crippen LogP contribution >= 0.6 is 11.6 Å². The van der Waals surface area contributed by atoms with E-state index in [2.05, 4.69) is 42.0 Å². The molecule has 0 radical (unpaired) electrons. The molecule has 1 atom stereocenters. The van der Waals surface area contributed by atoms with Crippen molar-refractivity contribution in [2.45, 2.75) is 109 Å². The first-order valence-corrected chi connectivity index (χ1v) is 24.3. The zero-order valence-electron chi connectivity index (χ0n) is 39.4. The van der Waals surface area contributed by atoms with Crippen LogP contribution in [-0.4, -0.2) is 93.0 Å². The number of rotatable bonds is 14. The summed E-state index contributed by atoms with van der Waals surface area (Å²) in [6.07, 6.45) is 6.76. The van der Waals surface area contributed by atoms with Crippen LogP contribution in [0.5, 0.6) is 5.75 Å². The molecular formula is C51H63ClF3N9O4. The first kappa shape index (κ1) is 49.0. The molecule has 0 spiro atoms. The third kappa shape index (κ3) is 11.5. The van der Waals surface area contributed by atoms with E-state index in [1.54, 1.807) is 33.1 Å². The molecule has 364 valence electrons. The number of nitrogens with zero attached hydrogens (tertiary/aromatic N) is 6. The molecule has 5 aromatic rings. The van der Waals surface area contributed by atoms with Gasteiger partial charge in [0.25, 0.3) is 5.56 Å². The normalized spacial score (nSPS) is 19.4. The number of alkyl halides is 3. The number of nitrogens with one attached hydrogen (secondary N) is 2. The second-order valence-corrected chi connectivity index (χ2v) is 19.6. The Bertz CT molecular complexity index is 2710. The Kier molecular flexibility index (Phi) is 15.2. The van der Waals surface area contributed by atoms with E-state index in [-0.39, 0.29) is 23.4 Å². The first-order chi connectivity index (χ1) is 32.5. The lowest BCUT2D eigenvalue weighted by Gasteiger charge is -2.38. The largest absolute Gasteiger partial charge is 0.496 e. The van der Waals surface area contributed by atoms with Gasteiger partial charge in [-0.2, -0.15) is 13.2 Å². The van der Waals surface area contributed by atoms with E-state index in [1.807, 2.05) is 24.3 Å². The number of piperidine rings is 2. The van der Waals surface area contributed by atoms with Gasteiger partial charge in [0, 0.05) is 61.0 Å². The predicted octanol–water partition coefficient (Wildman–Crippen LogP) is 9.10. The van der Waals surface area contributed by atoms with Crippen LogP contribution in [0.4, 0.5) is 24.7 Å². The van der Waals surface area contributed by atoms with Crippen LogP contribution in [0.15, 0.2) is 70.4 Å². The molecule has 1 saturated carbocycles. The molecule has 0 bridgehead atoms. The van der Waals surface area contributed by atoms with E-state index in [0.29, 0.717) is 45.4 Å². The number of aromatic amines is 1. The van der Waals surface area contributed by atoms with Crippen LogP contribution in [0.25, 0.3) is 16.6 Å². The smallest absolute Gasteiger partial charge is 0.416 e. The highest BCUT2D eigenvalue weighted by Gasteiger charge is 2.34. The SMILES string of the molecule is COc1cc2nc(C)nc(N[C@H](C)c3cc(N)cc(C(F)(F)F)c3)c2cc1C1CCC(C(=O)N2CCC(CCCN(C)C3CCN(Cc4ccc(Cl)c(-n5ccc(=O)[nH]c5=O)c4)CC3)CC2)CC1. The number of ether oxygens (including phenoxy) is 1. The number of fused-ring (bicyclic) bond motifs is 1. The van der Waals surface area contributed by atoms with E-state index >= 15 is 0 Å². The number of halogens is 4. The van der Waals surface area contributed by atoms with Gasteiger partial charge in [0.2, 0.25) is 5.91 Å². The maximum atomic E-state index is 13.9. The summed E-state index contributed by atoms with van der Waals surface area (Å²) in [7, 11) is 3.89. The molecule has 3 aromatic carbocycles. The Balaban J connectivity index is 0.780. The Morgan fingerprint density at radius 1 is 0.971 bits per heavy atom. The fourth-order valence-electron chi connectivity index (χ4n) is 10.7. The highest BCUT2D eigenvalue weighted by atomic mass is 35.5. The Morgan fingerprint density at radius 2 is 1.71 bits per heavy atom. The number of likely N-dealkylation sites (tertiary alicyclic amines) is 2. The average Bonchev–Trinajstić information content (AvgIpc) is 3.31. The quantitative estimate of drug-likeness (QED) is 0.0919. The van der Waals surface area contributed by atoms with Crippen LogP contribution in [-0.2, 0) is 17.5 Å². The lowest BCUT2D eigenvalue weighted by atomic mass is 9.77. The summed E-state index contributed by atoms with van der Waals surface area (Å²) in [4.78, 5) is 56.5. The number of amides is 1. The molecule has 17 heteroatoms. The van der Waals surface area contributed by atoms with Gasteiger partial charge in [-0.25, -0.2) is 14.8 Å². The molecule has 8 rings (SSSR count). The van der Waals surface area contributed by atoms with Gasteiger partial charge in [-0.1, -0.05) is 17.7 Å². The molecule has 2 aliphatic heterocycles. The van der Waals surface area contributed by atoms with Crippen LogP contribution < -0.4 is 27.0 Å². The number of anilines is 2. The highest BCUT2D eigenvalue weighted by Crippen LogP contribution is 2.43. The van der Waals surface area contributed by atoms with Gasteiger partial charge in [-0.05, 0) is 170 Å². The number of carbonyl (C=O) groups excluding carboxylic acids is 1. The standard InChI is InChI=1S/C51H63ClF3N9O4/c1-31(37-25-38(51(53,54)55)27-39(56)26-37)57-48-42-28-41(46(68-4)29-44(42)58-32(2)59-48)35-8-10-36(11-9-35)49(66)63-21-13-33(14-22-63)6-5-18-61(3)40-15-19-62(20-16-40)30-34-7-12-43(52)45(24-34)64-23-17-47(65)60-50(64)67/h7,12,17,23-29,31,33,35-36,40H,5-6,8-11,13-16,18-22,30,56H2,1-4H3,(H,57,58,59)(H,60,65,67)/t31-,35?,36?/m1/s1. The fourth-order valence-corrected chi connectivity index (χ4v) is 10.9. The number of aryl methyl sites for hydroxylation is 1. The van der Waals surface area contributed by atoms with Crippen molar-refractivity contribution < 1.29 is 22.7 Å². The molecule has 1 aliphatic carbocycles. The van der Waals surface area contributed by atoms with Crippen molar-refractivity contribution in [2.75, 3.05) is 57.9 Å². The van der Waals surface area contributed by atoms with Crippen molar-refractivity contribution in [3.8, 4) is 11.4 Å². The summed E-state index contributed by atoms with van der Waals surface area (Å²) in [5.41, 5.74) is 7.86. The van der Waals surface area contributed by atoms with Crippen molar-refractivity contribution >= 4 is 39.9 Å². The topological polar surface area (TPSA) is 155 Å². The lowest BCUT2D eigenvalue weighted by molar-refractivity contribution is -0.138. The third-order valence-electron chi connectivity index (χ3n) is 14.6. The van der Waals surface area contributed by atoms with Gasteiger partial charge in [0.15, 0.2) is 0 Å². The van der Waals surface area contributed by atoms with Crippen molar-refractivity contribution in [2.24, 2.45) is 11.8 Å². The zero-order valence-corrected chi connectivity index (χ0v) is 40.1. The van der Waals surface area contributed by atoms with Crippen molar-refractivity contribution in [1.29, 1.82) is 0 Å². The summed E-state index contributed by atoms with van der Waals surface area (Å²) >= 11 is 6.44. The molecule has 2 aromatic heterocycles. The predicted molar refractivity (Wildman–Crippen MR) is 261 cm³/mol. The van der Waals surface area contributed by atoms with E-state index in [9.17, 15) is 27.6 Å². The summed E-state index contributed by atoms with van der Waals surface area (Å²) in [6, 6.07) is 14.6. The number of nitrogens with two attached hydrogens (primary N) is 1. The Morgan fingerprint density at radius 3 is 2.40 bits per heavy atom. The number of nitrogen functional groups attached to an aromatic ring is 1. The van der Waals surface area contributed by atoms with Crippen LogP contribution in [0.3, 0.4) is 0 Å². The molecule has 68 heavy (non-hydrogen) atoms. The number of methoxy groups -OCH3 is 1. The summed E-state index contributed by atoms with van der Waals surface area (Å²) in [5, 5.41) is 4.53. The second-order valence-electron chi connectivity index (χ2n) is 19.2. The minimum absolute atomic E-state index is 0.00444. The first-order valence-electron chi connectivity index (χ1n) is 24.0. The monoisotopic (exact) mass is 957 g/mol. The molecule has 0 unspecified atom stereocenters. The number of aromatic nitrogens is 4. The zero-order chi connectivity index (χ0) is 48.3. The van der Waals surface area contributed by atoms with Gasteiger partial charge in [-0.3, -0.25) is 24.0 Å². The van der Waals surface area contributed by atoms with Crippen molar-refractivity contribution in [1.82, 2.24) is 34.2 Å². The number of benzene rings is 3. The fraction of sp³-hybridized carbons (Fsp3) is 0.510. The maximum absolute atomic E-state index is 13.9. The Hall–Kier alpha value is -5.45. The third-order valence-corrected chi connectivity index (χ3v) is 14.9. The van der Waals surface area contributed by atoms with Crippen LogP contribution in [0, 0.1) is 18.8 Å². The van der Waals surface area contributed by atoms with E-state index in [4.69, 9.17) is 22.1 Å². The van der Waals surface area contributed by atoms with Gasteiger partial charge < -0.3 is 25.6 Å². The highest BCUT2D eigenvalue weighted by molar-refractivity contribution is 6.32. The molecule has 13 nitrogen and oxygen atoms in total. The summed E-state index contributed by atoms with van der Waals surface area (Å²) < 4.78 is 48.1. The average molecular weight is 959 g/mol. The van der Waals surface area contributed by atoms with Crippen molar-refractivity contribution in [3.05, 3.63) is 115 Å². The van der Waals surface area contributed by atoms with Gasteiger partial charge in [-0.15, -0.1) is 0 Å². The van der Waals surface area contributed by atoms with E-state index in [1.165, 1.54) is 23.3 Å². The van der Waals surface area contributed by atoms with Gasteiger partial charge in [0.05, 0.1) is 34.9 Å². The summed E-state index contributed by atoms with van der Waals surface area (Å²) in [6.45, 7) is 8.97. The molecular weight excluding hydrogens is 895 g/mol. The molecule has 4 heterocycles. The van der Waals surface area contributed by atoms with E-state index in [0.717, 1.165) is 131 Å². The van der Waals surface area contributed by atoms with Crippen LogP contribution in [0.2, 0.25) is 5.02 Å².